The lowest BCUT2D eigenvalue weighted by Crippen LogP contribution is -2.32. The number of ether oxygens (including phenoxy) is 1. The highest BCUT2D eigenvalue weighted by atomic mass is 16.5. The van der Waals surface area contributed by atoms with Crippen molar-refractivity contribution in [2.45, 2.75) is 51.1 Å². The van der Waals surface area contributed by atoms with Crippen LogP contribution < -0.4 is 4.74 Å². The smallest absolute Gasteiger partial charge is 0.303 e. The van der Waals surface area contributed by atoms with Gasteiger partial charge in [-0.25, -0.2) is 0 Å². The molecule has 2 aromatic carbocycles. The van der Waals surface area contributed by atoms with Crippen LogP contribution in [0.1, 0.15) is 55.8 Å². The number of hydrogen-bond acceptors (Lipinski definition) is 4. The Bertz CT molecular complexity index is 1150. The van der Waals surface area contributed by atoms with Crippen LogP contribution in [0.4, 0.5) is 0 Å². The Morgan fingerprint density at radius 1 is 0.971 bits per heavy atom. The minimum atomic E-state index is -0.898. The number of aromatic nitrogens is 1. The van der Waals surface area contributed by atoms with Crippen LogP contribution >= 0.6 is 0 Å². The Kier molecular flexibility index (Phi) is 7.46. The quantitative estimate of drug-likeness (QED) is 0.358. The zero-order valence-corrected chi connectivity index (χ0v) is 19.2. The lowest BCUT2D eigenvalue weighted by molar-refractivity contribution is -0.137. The molecule has 0 aliphatic heterocycles. The number of para-hydroxylation sites is 1. The van der Waals surface area contributed by atoms with Crippen LogP contribution in [-0.4, -0.2) is 39.5 Å². The second kappa shape index (κ2) is 11.5. The molecule has 0 saturated heterocycles. The number of unbranched alkanes of at least 4 members (excludes halogenated alkanes) is 2. The molecule has 6 heteroatoms. The Morgan fingerprint density at radius 3 is 2.38 bits per heavy atom. The summed E-state index contributed by atoms with van der Waals surface area (Å²) in [5.74, 6) is -0.250. The lowest BCUT2D eigenvalue weighted by atomic mass is 10.0. The number of hydrogen-bond donors (Lipinski definition) is 1. The van der Waals surface area contributed by atoms with E-state index >= 15 is 0 Å². The van der Waals surface area contributed by atoms with Crippen molar-refractivity contribution in [1.29, 1.82) is 0 Å². The molecule has 1 fully saturated rings. The third-order valence-corrected chi connectivity index (χ3v) is 5.84. The van der Waals surface area contributed by atoms with Crippen molar-refractivity contribution in [1.82, 2.24) is 9.88 Å². The summed E-state index contributed by atoms with van der Waals surface area (Å²) in [4.78, 5) is 29.8. The number of nitrogens with zero attached hydrogens (tertiary/aromatic N) is 2. The zero-order valence-electron chi connectivity index (χ0n) is 20.2. The number of carbonyl (C=O) groups excluding carboxylic acids is 1. The third kappa shape index (κ3) is 6.44. The maximum Gasteiger partial charge on any atom is 0.303 e. The molecule has 1 aromatic heterocycles. The van der Waals surface area contributed by atoms with E-state index < -0.39 is 12.0 Å². The predicted molar refractivity (Wildman–Crippen MR) is 131 cm³/mol. The third-order valence-electron chi connectivity index (χ3n) is 5.84. The van der Waals surface area contributed by atoms with E-state index in [1.807, 2.05) is 60.7 Å². The van der Waals surface area contributed by atoms with Gasteiger partial charge in [0.15, 0.2) is 0 Å². The topological polar surface area (TPSA) is 79.7 Å². The van der Waals surface area contributed by atoms with Gasteiger partial charge in [0.2, 0.25) is 0 Å². The van der Waals surface area contributed by atoms with E-state index in [4.69, 9.17) is 11.2 Å². The van der Waals surface area contributed by atoms with Crippen molar-refractivity contribution < 1.29 is 20.8 Å². The maximum absolute atomic E-state index is 13.5. The fourth-order valence-electron chi connectivity index (χ4n) is 3.84. The fraction of sp³-hybridized carbons (Fsp3) is 0.321. The van der Waals surface area contributed by atoms with Gasteiger partial charge in [-0.2, -0.15) is 0 Å². The number of amides is 1. The van der Waals surface area contributed by atoms with E-state index in [1.54, 1.807) is 17.3 Å². The molecule has 1 N–H and O–H groups in total. The van der Waals surface area contributed by atoms with E-state index in [9.17, 15) is 9.59 Å². The molecule has 6 nitrogen and oxygen atoms in total. The maximum atomic E-state index is 13.5. The van der Waals surface area contributed by atoms with Crippen LogP contribution in [0.25, 0.3) is 11.1 Å². The minimum absolute atomic E-state index is 0.165. The molecule has 1 amide bonds. The van der Waals surface area contributed by atoms with Crippen molar-refractivity contribution in [3.05, 3.63) is 84.2 Å². The molecular weight excluding hydrogens is 428 g/mol. The molecule has 1 aliphatic carbocycles. The van der Waals surface area contributed by atoms with Crippen LogP contribution in [0.2, 0.25) is 0 Å². The monoisotopic (exact) mass is 459 g/mol. The normalized spacial score (nSPS) is 14.2. The number of carboxylic acids is 1. The van der Waals surface area contributed by atoms with Gasteiger partial charge in [-0.05, 0) is 73.6 Å². The average Bonchev–Trinajstić information content (AvgIpc) is 3.63. The summed E-state index contributed by atoms with van der Waals surface area (Å²) in [6.07, 6.45) is 7.12. The number of rotatable bonds is 12. The summed E-state index contributed by atoms with van der Waals surface area (Å²) in [7, 11) is 0. The molecule has 0 bridgehead atoms. The van der Waals surface area contributed by atoms with E-state index in [-0.39, 0.29) is 12.3 Å². The Hall–Kier alpha value is -3.67. The van der Waals surface area contributed by atoms with Crippen molar-refractivity contribution in [3.63, 3.8) is 0 Å². The van der Waals surface area contributed by atoms with Crippen LogP contribution in [0.3, 0.4) is 0 Å². The molecule has 34 heavy (non-hydrogen) atoms. The number of aliphatic carboxylic acids is 1. The highest BCUT2D eigenvalue weighted by Gasteiger charge is 2.33. The van der Waals surface area contributed by atoms with Gasteiger partial charge in [0, 0.05) is 42.5 Å². The van der Waals surface area contributed by atoms with Gasteiger partial charge in [-0.15, -0.1) is 0 Å². The van der Waals surface area contributed by atoms with Crippen molar-refractivity contribution >= 4 is 11.9 Å². The first kappa shape index (κ1) is 22.1. The molecule has 0 atom stereocenters. The van der Waals surface area contributed by atoms with Crippen LogP contribution in [-0.2, 0) is 11.3 Å². The second-order valence-electron chi connectivity index (χ2n) is 8.43. The number of carboxylic acid groups (broad SMARTS) is 1. The molecule has 0 unspecified atom stereocenters. The van der Waals surface area contributed by atoms with Crippen LogP contribution in [0.15, 0.2) is 73.1 Å². The first-order valence-corrected chi connectivity index (χ1v) is 11.7. The van der Waals surface area contributed by atoms with Gasteiger partial charge in [0.1, 0.15) is 5.75 Å². The molecule has 176 valence electrons. The fourth-order valence-corrected chi connectivity index (χ4v) is 3.84. The minimum Gasteiger partial charge on any atom is -0.493 e. The summed E-state index contributed by atoms with van der Waals surface area (Å²) in [5.41, 5.74) is 3.45. The van der Waals surface area contributed by atoms with Crippen LogP contribution in [0.5, 0.6) is 5.75 Å². The van der Waals surface area contributed by atoms with Gasteiger partial charge in [0.25, 0.3) is 5.91 Å². The van der Waals surface area contributed by atoms with Gasteiger partial charge in [0.05, 0.1) is 7.98 Å². The lowest BCUT2D eigenvalue weighted by Gasteiger charge is -2.24. The van der Waals surface area contributed by atoms with E-state index in [0.29, 0.717) is 43.7 Å². The van der Waals surface area contributed by atoms with Gasteiger partial charge >= 0.3 is 5.97 Å². The van der Waals surface area contributed by atoms with Gasteiger partial charge in [-0.3, -0.25) is 14.6 Å². The number of carbonyl (C=O) groups is 2. The average molecular weight is 460 g/mol. The van der Waals surface area contributed by atoms with Crippen LogP contribution in [0, 0.1) is 0 Å². The van der Waals surface area contributed by atoms with Crippen molar-refractivity contribution in [3.8, 4) is 16.9 Å². The summed E-state index contributed by atoms with van der Waals surface area (Å²) < 4.78 is 14.7. The molecule has 3 aromatic rings. The second-order valence-corrected chi connectivity index (χ2v) is 8.43. The Labute approximate surface area is 201 Å². The van der Waals surface area contributed by atoms with Gasteiger partial charge in [-0.1, -0.05) is 30.3 Å². The molecule has 0 radical (unpaired) electrons. The van der Waals surface area contributed by atoms with Crippen molar-refractivity contribution in [2.75, 3.05) is 6.61 Å². The van der Waals surface area contributed by atoms with Gasteiger partial charge < -0.3 is 14.7 Å². The van der Waals surface area contributed by atoms with E-state index in [2.05, 4.69) is 4.98 Å². The first-order chi connectivity index (χ1) is 17.0. The zero-order chi connectivity index (χ0) is 24.7. The summed E-state index contributed by atoms with van der Waals surface area (Å²) >= 11 is 0. The molecule has 1 saturated carbocycles. The van der Waals surface area contributed by atoms with E-state index in [0.717, 1.165) is 29.5 Å². The standard InChI is InChI=1S/C28H30N2O4/c31-27(32)8-2-1-5-19-34-26-7-4-3-6-24(26)20-30(25-13-14-25)28(33)23-11-9-21(10-12-23)22-15-17-29-18-16-22/h3-4,6-7,9-12,15-18,25H,1-2,5,8,13-14,19-20H2,(H,31,32)/i25D. The molecule has 4 rings (SSSR count). The Balaban J connectivity index is 1.44. The highest BCUT2D eigenvalue weighted by molar-refractivity contribution is 5.95. The highest BCUT2D eigenvalue weighted by Crippen LogP contribution is 2.32. The van der Waals surface area contributed by atoms with E-state index in [1.165, 1.54) is 0 Å². The van der Waals surface area contributed by atoms with Crippen molar-refractivity contribution in [2.24, 2.45) is 0 Å². The number of benzene rings is 2. The summed E-state index contributed by atoms with van der Waals surface area (Å²) in [5, 5.41) is 8.75. The summed E-state index contributed by atoms with van der Waals surface area (Å²) in [6, 6.07) is 18.0. The molecule has 1 heterocycles. The first-order valence-electron chi connectivity index (χ1n) is 12.2. The molecule has 0 spiro atoms. The molecular formula is C28H30N2O4. The predicted octanol–water partition coefficient (Wildman–Crippen LogP) is 5.58. The number of pyridine rings is 1. The summed E-state index contributed by atoms with van der Waals surface area (Å²) in [6.45, 7) is 0.774. The Morgan fingerprint density at radius 2 is 1.68 bits per heavy atom. The largest absolute Gasteiger partial charge is 0.493 e. The molecule has 1 aliphatic rings. The SMILES string of the molecule is [2H]C1(N(Cc2ccccc2OCCCCCC(=O)O)C(=O)c2ccc(-c3ccncc3)cc2)CC1.